The van der Waals surface area contributed by atoms with Gasteiger partial charge < -0.3 is 24.8 Å². The fourth-order valence-electron chi connectivity index (χ4n) is 3.45. The Hall–Kier alpha value is -3.10. The highest BCUT2D eigenvalue weighted by Gasteiger charge is 2.21. The zero-order valence-corrected chi connectivity index (χ0v) is 17.9. The number of amides is 2. The van der Waals surface area contributed by atoms with Gasteiger partial charge in [0.25, 0.3) is 0 Å². The summed E-state index contributed by atoms with van der Waals surface area (Å²) in [6, 6.07) is 15.1. The average molecular weight is 428 g/mol. The van der Waals surface area contributed by atoms with E-state index >= 15 is 0 Å². The zero-order chi connectivity index (χ0) is 22.1. The zero-order valence-electron chi connectivity index (χ0n) is 17.9. The van der Waals surface area contributed by atoms with Crippen molar-refractivity contribution < 1.29 is 23.8 Å². The van der Waals surface area contributed by atoms with Crippen LogP contribution in [0.25, 0.3) is 0 Å². The standard InChI is InChI=1S/C23H29N3O5/c1-29-18-9-10-20(30-2)19(15-18)25-23(28)22(27)24-11-6-12-26-13-14-31-21(16-26)17-7-4-3-5-8-17/h3-5,7-10,15,21H,6,11-14,16H2,1-2H3,(H,24,27)(H,25,28). The topological polar surface area (TPSA) is 89.1 Å². The summed E-state index contributed by atoms with van der Waals surface area (Å²) in [5.41, 5.74) is 1.55. The SMILES string of the molecule is COc1ccc(OC)c(NC(=O)C(=O)NCCCN2CCOC(c3ccccc3)C2)c1. The van der Waals surface area contributed by atoms with Gasteiger partial charge in [0, 0.05) is 32.2 Å². The summed E-state index contributed by atoms with van der Waals surface area (Å²) < 4.78 is 16.2. The van der Waals surface area contributed by atoms with Crippen molar-refractivity contribution in [1.82, 2.24) is 10.2 Å². The normalized spacial score (nSPS) is 16.4. The third-order valence-corrected chi connectivity index (χ3v) is 5.12. The molecule has 166 valence electrons. The van der Waals surface area contributed by atoms with Gasteiger partial charge in [-0.3, -0.25) is 14.5 Å². The smallest absolute Gasteiger partial charge is 0.313 e. The number of hydrogen-bond donors (Lipinski definition) is 2. The third-order valence-electron chi connectivity index (χ3n) is 5.12. The summed E-state index contributed by atoms with van der Waals surface area (Å²) in [6.07, 6.45) is 0.802. The molecule has 8 heteroatoms. The molecule has 31 heavy (non-hydrogen) atoms. The van der Waals surface area contributed by atoms with Gasteiger partial charge in [-0.25, -0.2) is 0 Å². The summed E-state index contributed by atoms with van der Waals surface area (Å²) in [5, 5.41) is 5.24. The van der Waals surface area contributed by atoms with Crippen molar-refractivity contribution in [2.24, 2.45) is 0 Å². The Balaban J connectivity index is 1.41. The lowest BCUT2D eigenvalue weighted by Crippen LogP contribution is -2.41. The van der Waals surface area contributed by atoms with E-state index in [1.54, 1.807) is 18.2 Å². The molecule has 1 fully saturated rings. The number of nitrogens with zero attached hydrogens (tertiary/aromatic N) is 1. The van der Waals surface area contributed by atoms with E-state index in [1.807, 2.05) is 18.2 Å². The van der Waals surface area contributed by atoms with Gasteiger partial charge in [0.05, 0.1) is 32.6 Å². The Morgan fingerprint density at radius 3 is 2.65 bits per heavy atom. The fraction of sp³-hybridized carbons (Fsp3) is 0.391. The molecule has 0 saturated carbocycles. The minimum absolute atomic E-state index is 0.0631. The van der Waals surface area contributed by atoms with Crippen molar-refractivity contribution in [2.45, 2.75) is 12.5 Å². The van der Waals surface area contributed by atoms with Crippen LogP contribution in [0.15, 0.2) is 48.5 Å². The van der Waals surface area contributed by atoms with Crippen LogP contribution in [0.3, 0.4) is 0 Å². The van der Waals surface area contributed by atoms with Crippen LogP contribution in [0.2, 0.25) is 0 Å². The lowest BCUT2D eigenvalue weighted by Gasteiger charge is -2.33. The lowest BCUT2D eigenvalue weighted by molar-refractivity contribution is -0.136. The number of carbonyl (C=O) groups is 2. The molecule has 2 aromatic rings. The number of benzene rings is 2. The molecule has 0 aromatic heterocycles. The van der Waals surface area contributed by atoms with E-state index in [2.05, 4.69) is 27.7 Å². The first kappa shape index (κ1) is 22.6. The monoisotopic (exact) mass is 427 g/mol. The predicted octanol–water partition coefficient (Wildman–Crippen LogP) is 2.22. The molecule has 3 rings (SSSR count). The molecule has 2 aromatic carbocycles. The number of ether oxygens (including phenoxy) is 3. The second-order valence-electron chi connectivity index (χ2n) is 7.20. The van der Waals surface area contributed by atoms with Gasteiger partial charge in [0.15, 0.2) is 0 Å². The average Bonchev–Trinajstić information content (AvgIpc) is 2.82. The Labute approximate surface area is 182 Å². The second-order valence-corrected chi connectivity index (χ2v) is 7.20. The van der Waals surface area contributed by atoms with Gasteiger partial charge in [-0.05, 0) is 24.1 Å². The molecule has 0 spiro atoms. The number of rotatable bonds is 8. The number of carbonyl (C=O) groups excluding carboxylic acids is 2. The molecule has 0 bridgehead atoms. The maximum atomic E-state index is 12.2. The van der Waals surface area contributed by atoms with Crippen molar-refractivity contribution in [3.63, 3.8) is 0 Å². The first-order valence-corrected chi connectivity index (χ1v) is 10.3. The summed E-state index contributed by atoms with van der Waals surface area (Å²) in [6.45, 7) is 3.57. The van der Waals surface area contributed by atoms with E-state index in [9.17, 15) is 9.59 Å². The Morgan fingerprint density at radius 2 is 1.90 bits per heavy atom. The van der Waals surface area contributed by atoms with Crippen molar-refractivity contribution in [2.75, 3.05) is 52.3 Å². The van der Waals surface area contributed by atoms with Crippen LogP contribution in [0.4, 0.5) is 5.69 Å². The van der Waals surface area contributed by atoms with E-state index < -0.39 is 11.8 Å². The number of nitrogens with one attached hydrogen (secondary N) is 2. The van der Waals surface area contributed by atoms with Gasteiger partial charge in [-0.1, -0.05) is 30.3 Å². The van der Waals surface area contributed by atoms with Gasteiger partial charge in [0.1, 0.15) is 11.5 Å². The Morgan fingerprint density at radius 1 is 1.10 bits per heavy atom. The molecule has 1 atom stereocenters. The van der Waals surface area contributed by atoms with E-state index in [1.165, 1.54) is 19.8 Å². The van der Waals surface area contributed by atoms with Crippen LogP contribution >= 0.6 is 0 Å². The highest BCUT2D eigenvalue weighted by Crippen LogP contribution is 2.28. The highest BCUT2D eigenvalue weighted by atomic mass is 16.5. The van der Waals surface area contributed by atoms with Gasteiger partial charge in [0.2, 0.25) is 0 Å². The molecule has 1 saturated heterocycles. The summed E-state index contributed by atoms with van der Waals surface area (Å²) in [4.78, 5) is 26.7. The molecular formula is C23H29N3O5. The quantitative estimate of drug-likeness (QED) is 0.496. The maximum absolute atomic E-state index is 12.2. The van der Waals surface area contributed by atoms with E-state index in [4.69, 9.17) is 14.2 Å². The highest BCUT2D eigenvalue weighted by molar-refractivity contribution is 6.39. The van der Waals surface area contributed by atoms with E-state index in [0.717, 1.165) is 26.1 Å². The van der Waals surface area contributed by atoms with Crippen LogP contribution in [-0.4, -0.2) is 63.7 Å². The first-order chi connectivity index (χ1) is 15.1. The summed E-state index contributed by atoms with van der Waals surface area (Å²) in [5.74, 6) is -0.436. The van der Waals surface area contributed by atoms with Crippen LogP contribution < -0.4 is 20.1 Å². The molecule has 1 heterocycles. The van der Waals surface area contributed by atoms with Gasteiger partial charge in [-0.2, -0.15) is 0 Å². The van der Waals surface area contributed by atoms with Crippen LogP contribution in [0, 0.1) is 0 Å². The number of anilines is 1. The second kappa shape index (κ2) is 11.3. The Kier molecular flexibility index (Phi) is 8.26. The van der Waals surface area contributed by atoms with Crippen LogP contribution in [0.5, 0.6) is 11.5 Å². The van der Waals surface area contributed by atoms with Crippen molar-refractivity contribution >= 4 is 17.5 Å². The van der Waals surface area contributed by atoms with Crippen LogP contribution in [0.1, 0.15) is 18.1 Å². The molecule has 8 nitrogen and oxygen atoms in total. The summed E-state index contributed by atoms with van der Waals surface area (Å²) in [7, 11) is 3.02. The maximum Gasteiger partial charge on any atom is 0.313 e. The molecule has 2 N–H and O–H groups in total. The fourth-order valence-corrected chi connectivity index (χ4v) is 3.45. The first-order valence-electron chi connectivity index (χ1n) is 10.3. The molecule has 2 amide bonds. The van der Waals surface area contributed by atoms with Crippen molar-refractivity contribution in [1.29, 1.82) is 0 Å². The lowest BCUT2D eigenvalue weighted by atomic mass is 10.1. The Bertz CT molecular complexity index is 875. The van der Waals surface area contributed by atoms with Gasteiger partial charge >= 0.3 is 11.8 Å². The number of morpholine rings is 1. The molecule has 1 unspecified atom stereocenters. The van der Waals surface area contributed by atoms with E-state index in [0.29, 0.717) is 30.3 Å². The minimum atomic E-state index is -0.748. The molecule has 0 aliphatic carbocycles. The molecule has 0 radical (unpaired) electrons. The predicted molar refractivity (Wildman–Crippen MR) is 117 cm³/mol. The number of hydrogen-bond acceptors (Lipinski definition) is 6. The third kappa shape index (κ3) is 6.44. The van der Waals surface area contributed by atoms with Crippen LogP contribution in [-0.2, 0) is 14.3 Å². The molecule has 1 aliphatic heterocycles. The number of methoxy groups -OCH3 is 2. The largest absolute Gasteiger partial charge is 0.497 e. The molecule has 1 aliphatic rings. The van der Waals surface area contributed by atoms with Gasteiger partial charge in [-0.15, -0.1) is 0 Å². The summed E-state index contributed by atoms with van der Waals surface area (Å²) >= 11 is 0. The minimum Gasteiger partial charge on any atom is -0.497 e. The van der Waals surface area contributed by atoms with Crippen molar-refractivity contribution in [3.05, 3.63) is 54.1 Å². The van der Waals surface area contributed by atoms with Crippen molar-refractivity contribution in [3.8, 4) is 11.5 Å². The van der Waals surface area contributed by atoms with E-state index in [-0.39, 0.29) is 6.10 Å². The molecular weight excluding hydrogens is 398 g/mol.